The Balaban J connectivity index is 2.02. The van der Waals surface area contributed by atoms with E-state index in [2.05, 4.69) is 29.9 Å². The summed E-state index contributed by atoms with van der Waals surface area (Å²) in [6.07, 6.45) is 2.42. The third kappa shape index (κ3) is 1.86. The molecule has 1 aliphatic heterocycles. The number of hydrogen-bond acceptors (Lipinski definition) is 2. The zero-order valence-corrected chi connectivity index (χ0v) is 10.9. The molecule has 1 aliphatic rings. The molecule has 1 saturated heterocycles. The van der Waals surface area contributed by atoms with Crippen LogP contribution in [0.15, 0.2) is 23.0 Å². The number of aromatic nitrogens is 2. The molecule has 0 saturated carbocycles. The molecule has 0 bridgehead atoms. The number of benzene rings is 1. The van der Waals surface area contributed by atoms with Gasteiger partial charge in [-0.2, -0.15) is 0 Å². The van der Waals surface area contributed by atoms with Gasteiger partial charge in [-0.25, -0.2) is 4.79 Å². The average Bonchev–Trinajstić information content (AvgIpc) is 2.86. The van der Waals surface area contributed by atoms with Gasteiger partial charge < -0.3 is 9.88 Å². The van der Waals surface area contributed by atoms with Crippen LogP contribution in [0, 0.1) is 6.92 Å². The van der Waals surface area contributed by atoms with E-state index in [0.717, 1.165) is 24.1 Å². The maximum absolute atomic E-state index is 12.0. The summed E-state index contributed by atoms with van der Waals surface area (Å²) in [4.78, 5) is 17.3. The summed E-state index contributed by atoms with van der Waals surface area (Å²) in [7, 11) is 2.14. The fourth-order valence-corrected chi connectivity index (χ4v) is 2.86. The van der Waals surface area contributed by atoms with E-state index in [1.165, 1.54) is 18.4 Å². The van der Waals surface area contributed by atoms with Crippen molar-refractivity contribution in [3.8, 4) is 0 Å². The van der Waals surface area contributed by atoms with Gasteiger partial charge in [0.05, 0.1) is 11.0 Å². The van der Waals surface area contributed by atoms with Crippen molar-refractivity contribution in [3.05, 3.63) is 34.2 Å². The molecule has 0 spiro atoms. The topological polar surface area (TPSA) is 41.0 Å². The first-order chi connectivity index (χ1) is 8.65. The van der Waals surface area contributed by atoms with Gasteiger partial charge in [0.2, 0.25) is 0 Å². The lowest BCUT2D eigenvalue weighted by atomic mass is 10.2. The van der Waals surface area contributed by atoms with E-state index in [-0.39, 0.29) is 5.69 Å². The van der Waals surface area contributed by atoms with Crippen LogP contribution in [0.2, 0.25) is 0 Å². The first-order valence-electron chi connectivity index (χ1n) is 6.54. The Labute approximate surface area is 106 Å². The summed E-state index contributed by atoms with van der Waals surface area (Å²) in [6.45, 7) is 3.99. The van der Waals surface area contributed by atoms with E-state index < -0.39 is 0 Å². The van der Waals surface area contributed by atoms with Crippen molar-refractivity contribution in [3.63, 3.8) is 0 Å². The Hall–Kier alpha value is -1.55. The van der Waals surface area contributed by atoms with Gasteiger partial charge in [-0.05, 0) is 51.1 Å². The van der Waals surface area contributed by atoms with Gasteiger partial charge in [-0.1, -0.05) is 6.07 Å². The van der Waals surface area contributed by atoms with E-state index in [1.54, 1.807) is 0 Å². The number of nitrogens with zero attached hydrogens (tertiary/aromatic N) is 2. The molecule has 4 heteroatoms. The SMILES string of the molecule is Cc1ccc2[nH]c(=O)n(CC3CCCN3C)c2c1. The highest BCUT2D eigenvalue weighted by Crippen LogP contribution is 2.19. The lowest BCUT2D eigenvalue weighted by molar-refractivity contribution is 0.282. The fourth-order valence-electron chi connectivity index (χ4n) is 2.86. The molecule has 2 heterocycles. The van der Waals surface area contributed by atoms with Crippen LogP contribution in [0.4, 0.5) is 0 Å². The van der Waals surface area contributed by atoms with Gasteiger partial charge in [0, 0.05) is 12.6 Å². The van der Waals surface area contributed by atoms with E-state index >= 15 is 0 Å². The van der Waals surface area contributed by atoms with Crippen molar-refractivity contribution in [2.45, 2.75) is 32.4 Å². The van der Waals surface area contributed by atoms with Crippen molar-refractivity contribution < 1.29 is 0 Å². The van der Waals surface area contributed by atoms with E-state index in [9.17, 15) is 4.79 Å². The molecule has 1 atom stereocenters. The summed E-state index contributed by atoms with van der Waals surface area (Å²) in [6, 6.07) is 6.59. The minimum absolute atomic E-state index is 0.0101. The van der Waals surface area contributed by atoms with Gasteiger partial charge in [-0.15, -0.1) is 0 Å². The van der Waals surface area contributed by atoms with Gasteiger partial charge >= 0.3 is 5.69 Å². The molecule has 3 rings (SSSR count). The molecule has 1 fully saturated rings. The molecule has 1 aromatic carbocycles. The molecule has 1 aromatic heterocycles. The number of hydrogen-bond donors (Lipinski definition) is 1. The number of likely N-dealkylation sites (tertiary alicyclic amines) is 1. The predicted molar refractivity (Wildman–Crippen MR) is 72.9 cm³/mol. The van der Waals surface area contributed by atoms with Crippen molar-refractivity contribution in [2.75, 3.05) is 13.6 Å². The van der Waals surface area contributed by atoms with Gasteiger partial charge in [0.1, 0.15) is 0 Å². The summed E-state index contributed by atoms with van der Waals surface area (Å²) in [5, 5.41) is 0. The largest absolute Gasteiger partial charge is 0.326 e. The van der Waals surface area contributed by atoms with E-state index in [1.807, 2.05) is 16.7 Å². The lowest BCUT2D eigenvalue weighted by Crippen LogP contribution is -2.32. The van der Waals surface area contributed by atoms with Crippen molar-refractivity contribution in [1.82, 2.24) is 14.5 Å². The zero-order chi connectivity index (χ0) is 12.7. The molecular formula is C14H19N3O. The highest BCUT2D eigenvalue weighted by Gasteiger charge is 2.22. The standard InChI is InChI=1S/C14H19N3O/c1-10-5-6-12-13(8-10)17(14(18)15-12)9-11-4-3-7-16(11)2/h5-6,8,11H,3-4,7,9H2,1-2H3,(H,15,18). The van der Waals surface area contributed by atoms with E-state index in [4.69, 9.17) is 0 Å². The summed E-state index contributed by atoms with van der Waals surface area (Å²) in [5.41, 5.74) is 3.16. The normalized spacial score (nSPS) is 20.9. The quantitative estimate of drug-likeness (QED) is 0.875. The molecule has 4 nitrogen and oxygen atoms in total. The maximum Gasteiger partial charge on any atom is 0.326 e. The highest BCUT2D eigenvalue weighted by molar-refractivity contribution is 5.75. The monoisotopic (exact) mass is 245 g/mol. The van der Waals surface area contributed by atoms with Crippen LogP contribution >= 0.6 is 0 Å². The Kier molecular flexibility index (Phi) is 2.74. The Morgan fingerprint density at radius 2 is 2.28 bits per heavy atom. The third-order valence-electron chi connectivity index (χ3n) is 4.00. The number of likely N-dealkylation sites (N-methyl/N-ethyl adjacent to an activating group) is 1. The van der Waals surface area contributed by atoms with Crippen LogP contribution in [0.5, 0.6) is 0 Å². The average molecular weight is 245 g/mol. The first kappa shape index (κ1) is 11.5. The number of aromatic amines is 1. The van der Waals surface area contributed by atoms with Gasteiger partial charge in [0.25, 0.3) is 0 Å². The molecule has 1 N–H and O–H groups in total. The summed E-state index contributed by atoms with van der Waals surface area (Å²) in [5.74, 6) is 0. The minimum Gasteiger partial charge on any atom is -0.306 e. The molecule has 0 amide bonds. The Morgan fingerprint density at radius 1 is 1.44 bits per heavy atom. The van der Waals surface area contributed by atoms with Crippen LogP contribution in [-0.4, -0.2) is 34.1 Å². The van der Waals surface area contributed by atoms with E-state index in [0.29, 0.717) is 6.04 Å². The predicted octanol–water partition coefficient (Wildman–Crippen LogP) is 1.73. The number of fused-ring (bicyclic) bond motifs is 1. The van der Waals surface area contributed by atoms with Crippen molar-refractivity contribution in [1.29, 1.82) is 0 Å². The number of aryl methyl sites for hydroxylation is 1. The highest BCUT2D eigenvalue weighted by atomic mass is 16.1. The maximum atomic E-state index is 12.0. The lowest BCUT2D eigenvalue weighted by Gasteiger charge is -2.19. The van der Waals surface area contributed by atoms with Crippen LogP contribution in [-0.2, 0) is 6.54 Å². The van der Waals surface area contributed by atoms with Crippen LogP contribution in [0.3, 0.4) is 0 Å². The fraction of sp³-hybridized carbons (Fsp3) is 0.500. The smallest absolute Gasteiger partial charge is 0.306 e. The number of H-pyrrole nitrogens is 1. The first-order valence-corrected chi connectivity index (χ1v) is 6.54. The Bertz CT molecular complexity index is 625. The third-order valence-corrected chi connectivity index (χ3v) is 4.00. The number of nitrogens with one attached hydrogen (secondary N) is 1. The van der Waals surface area contributed by atoms with Gasteiger partial charge in [-0.3, -0.25) is 4.57 Å². The molecular weight excluding hydrogens is 226 g/mol. The summed E-state index contributed by atoms with van der Waals surface area (Å²) < 4.78 is 1.88. The van der Waals surface area contributed by atoms with Gasteiger partial charge in [0.15, 0.2) is 0 Å². The minimum atomic E-state index is 0.0101. The second-order valence-electron chi connectivity index (χ2n) is 5.34. The second-order valence-corrected chi connectivity index (χ2v) is 5.34. The molecule has 0 radical (unpaired) electrons. The van der Waals surface area contributed by atoms with Crippen LogP contribution < -0.4 is 5.69 Å². The Morgan fingerprint density at radius 3 is 3.00 bits per heavy atom. The zero-order valence-electron chi connectivity index (χ0n) is 10.9. The molecule has 18 heavy (non-hydrogen) atoms. The van der Waals surface area contributed by atoms with Crippen LogP contribution in [0.25, 0.3) is 11.0 Å². The number of imidazole rings is 1. The number of rotatable bonds is 2. The molecule has 0 aliphatic carbocycles. The van der Waals surface area contributed by atoms with Crippen LogP contribution in [0.1, 0.15) is 18.4 Å². The molecule has 1 unspecified atom stereocenters. The van der Waals surface area contributed by atoms with Crippen molar-refractivity contribution >= 4 is 11.0 Å². The molecule has 96 valence electrons. The van der Waals surface area contributed by atoms with Crippen molar-refractivity contribution in [2.24, 2.45) is 0 Å². The summed E-state index contributed by atoms with van der Waals surface area (Å²) >= 11 is 0. The second kappa shape index (κ2) is 4.28. The molecule has 2 aromatic rings.